The van der Waals surface area contributed by atoms with Gasteiger partial charge in [0.1, 0.15) is 5.82 Å². The molecule has 0 fully saturated rings. The molecule has 3 rings (SSSR count). The molecule has 1 aromatic heterocycles. The SMILES string of the molecule is CNC(=O)NCCn1c(-c2ccccc2F)csc1=Nc1ccccc1. The Kier molecular flexibility index (Phi) is 5.80. The molecular weight excluding hydrogens is 351 g/mol. The third kappa shape index (κ3) is 4.18. The molecule has 2 N–H and O–H groups in total. The van der Waals surface area contributed by atoms with Crippen LogP contribution in [-0.4, -0.2) is 24.2 Å². The van der Waals surface area contributed by atoms with Gasteiger partial charge in [0.15, 0.2) is 4.80 Å². The van der Waals surface area contributed by atoms with Crippen LogP contribution in [0.3, 0.4) is 0 Å². The molecule has 0 aliphatic carbocycles. The average molecular weight is 370 g/mol. The average Bonchev–Trinajstić information content (AvgIpc) is 3.05. The summed E-state index contributed by atoms with van der Waals surface area (Å²) in [7, 11) is 1.56. The maximum Gasteiger partial charge on any atom is 0.314 e. The molecule has 7 heteroatoms. The molecule has 5 nitrogen and oxygen atoms in total. The summed E-state index contributed by atoms with van der Waals surface area (Å²) in [5.74, 6) is -0.287. The minimum absolute atomic E-state index is 0.255. The highest BCUT2D eigenvalue weighted by Gasteiger charge is 2.12. The first-order chi connectivity index (χ1) is 12.7. The van der Waals surface area contributed by atoms with E-state index in [4.69, 9.17) is 0 Å². The highest BCUT2D eigenvalue weighted by Crippen LogP contribution is 2.23. The Morgan fingerprint density at radius 2 is 1.88 bits per heavy atom. The number of urea groups is 1. The van der Waals surface area contributed by atoms with Gasteiger partial charge in [0.2, 0.25) is 0 Å². The van der Waals surface area contributed by atoms with E-state index in [1.54, 1.807) is 25.2 Å². The second kappa shape index (κ2) is 8.44. The molecule has 0 radical (unpaired) electrons. The van der Waals surface area contributed by atoms with E-state index in [9.17, 15) is 9.18 Å². The smallest absolute Gasteiger partial charge is 0.314 e. The first-order valence-corrected chi connectivity index (χ1v) is 9.05. The van der Waals surface area contributed by atoms with Crippen molar-refractivity contribution in [2.75, 3.05) is 13.6 Å². The number of carbonyl (C=O) groups is 1. The number of rotatable bonds is 5. The zero-order chi connectivity index (χ0) is 18.4. The van der Waals surface area contributed by atoms with Crippen molar-refractivity contribution in [1.82, 2.24) is 15.2 Å². The van der Waals surface area contributed by atoms with Crippen molar-refractivity contribution in [2.24, 2.45) is 4.99 Å². The van der Waals surface area contributed by atoms with Crippen LogP contribution in [0.25, 0.3) is 11.3 Å². The van der Waals surface area contributed by atoms with Crippen LogP contribution in [0.1, 0.15) is 0 Å². The first kappa shape index (κ1) is 17.9. The highest BCUT2D eigenvalue weighted by atomic mass is 32.1. The van der Waals surface area contributed by atoms with Crippen LogP contribution in [0.15, 0.2) is 65.0 Å². The van der Waals surface area contributed by atoms with Crippen molar-refractivity contribution in [3.05, 3.63) is 70.6 Å². The van der Waals surface area contributed by atoms with Crippen molar-refractivity contribution >= 4 is 23.1 Å². The van der Waals surface area contributed by atoms with Gasteiger partial charge in [-0.1, -0.05) is 30.3 Å². The third-order valence-electron chi connectivity index (χ3n) is 3.78. The molecule has 2 amide bonds. The lowest BCUT2D eigenvalue weighted by atomic mass is 10.1. The summed E-state index contributed by atoms with van der Waals surface area (Å²) in [6.45, 7) is 0.881. The Labute approximate surface area is 154 Å². The molecular formula is C19H19FN4OS. The predicted octanol–water partition coefficient (Wildman–Crippen LogP) is 3.52. The van der Waals surface area contributed by atoms with Gasteiger partial charge in [-0.25, -0.2) is 14.2 Å². The fourth-order valence-electron chi connectivity index (χ4n) is 2.50. The van der Waals surface area contributed by atoms with E-state index < -0.39 is 0 Å². The molecule has 0 aliphatic heterocycles. The Bertz CT molecular complexity index is 949. The second-order valence-electron chi connectivity index (χ2n) is 5.49. The van der Waals surface area contributed by atoms with Gasteiger partial charge in [-0.3, -0.25) is 0 Å². The van der Waals surface area contributed by atoms with Crippen molar-refractivity contribution in [3.8, 4) is 11.3 Å². The molecule has 0 spiro atoms. The molecule has 3 aromatic rings. The minimum atomic E-state index is -0.287. The molecule has 0 saturated carbocycles. The van der Waals surface area contributed by atoms with E-state index in [2.05, 4.69) is 15.6 Å². The van der Waals surface area contributed by atoms with Crippen molar-refractivity contribution < 1.29 is 9.18 Å². The maximum atomic E-state index is 14.3. The number of nitrogens with zero attached hydrogens (tertiary/aromatic N) is 2. The van der Waals surface area contributed by atoms with Crippen LogP contribution in [0, 0.1) is 5.82 Å². The number of nitrogens with one attached hydrogen (secondary N) is 2. The van der Waals surface area contributed by atoms with Gasteiger partial charge in [-0.15, -0.1) is 11.3 Å². The lowest BCUT2D eigenvalue weighted by Gasteiger charge is -2.11. The number of halogens is 1. The van der Waals surface area contributed by atoms with Gasteiger partial charge >= 0.3 is 6.03 Å². The fraction of sp³-hybridized carbons (Fsp3) is 0.158. The summed E-state index contributed by atoms with van der Waals surface area (Å²) >= 11 is 1.44. The predicted molar refractivity (Wildman–Crippen MR) is 102 cm³/mol. The number of thiazole rings is 1. The number of aromatic nitrogens is 1. The Morgan fingerprint density at radius 3 is 2.62 bits per heavy atom. The Balaban J connectivity index is 2.01. The van der Waals surface area contributed by atoms with E-state index in [-0.39, 0.29) is 11.8 Å². The molecule has 134 valence electrons. The van der Waals surface area contributed by atoms with Crippen LogP contribution in [-0.2, 0) is 6.54 Å². The maximum absolute atomic E-state index is 14.3. The standard InChI is InChI=1S/C19H19FN4OS/c1-21-18(25)22-11-12-24-17(15-9-5-6-10-16(15)20)13-26-19(24)23-14-7-3-2-4-8-14/h2-10,13H,11-12H2,1H3,(H2,21,22,25). The molecule has 26 heavy (non-hydrogen) atoms. The van der Waals surface area contributed by atoms with E-state index in [0.29, 0.717) is 18.7 Å². The molecule has 0 saturated heterocycles. The van der Waals surface area contributed by atoms with E-state index in [0.717, 1.165) is 16.2 Å². The number of benzene rings is 2. The minimum Gasteiger partial charge on any atom is -0.341 e. The quantitative estimate of drug-likeness (QED) is 0.709. The normalized spacial score (nSPS) is 11.4. The van der Waals surface area contributed by atoms with Crippen molar-refractivity contribution in [1.29, 1.82) is 0 Å². The summed E-state index contributed by atoms with van der Waals surface area (Å²) < 4.78 is 16.2. The summed E-state index contributed by atoms with van der Waals surface area (Å²) in [6.07, 6.45) is 0. The fourth-order valence-corrected chi connectivity index (χ4v) is 3.45. The van der Waals surface area contributed by atoms with Gasteiger partial charge < -0.3 is 15.2 Å². The summed E-state index contributed by atoms with van der Waals surface area (Å²) in [5.41, 5.74) is 2.07. The highest BCUT2D eigenvalue weighted by molar-refractivity contribution is 7.07. The van der Waals surface area contributed by atoms with Crippen LogP contribution in [0.5, 0.6) is 0 Å². The van der Waals surface area contributed by atoms with Gasteiger partial charge in [0.25, 0.3) is 0 Å². The molecule has 0 aliphatic rings. The third-order valence-corrected chi connectivity index (χ3v) is 4.64. The van der Waals surface area contributed by atoms with Crippen molar-refractivity contribution in [3.63, 3.8) is 0 Å². The van der Waals surface area contributed by atoms with Crippen molar-refractivity contribution in [2.45, 2.75) is 6.54 Å². The first-order valence-electron chi connectivity index (χ1n) is 8.17. The van der Waals surface area contributed by atoms with Crippen LogP contribution >= 0.6 is 11.3 Å². The molecule has 0 bridgehead atoms. The second-order valence-corrected chi connectivity index (χ2v) is 6.32. The molecule has 1 heterocycles. The number of amides is 2. The largest absolute Gasteiger partial charge is 0.341 e. The summed E-state index contributed by atoms with van der Waals surface area (Å²) in [4.78, 5) is 16.8. The number of hydrogen-bond acceptors (Lipinski definition) is 3. The van der Waals surface area contributed by atoms with Gasteiger partial charge in [-0.05, 0) is 24.3 Å². The molecule has 0 atom stereocenters. The lowest BCUT2D eigenvalue weighted by molar-refractivity contribution is 0.242. The van der Waals surface area contributed by atoms with Gasteiger partial charge in [0.05, 0.1) is 11.4 Å². The van der Waals surface area contributed by atoms with Gasteiger partial charge in [-0.2, -0.15) is 0 Å². The number of para-hydroxylation sites is 1. The van der Waals surface area contributed by atoms with E-state index >= 15 is 0 Å². The van der Waals surface area contributed by atoms with Crippen LogP contribution in [0.2, 0.25) is 0 Å². The summed E-state index contributed by atoms with van der Waals surface area (Å²) in [5, 5.41) is 7.16. The zero-order valence-electron chi connectivity index (χ0n) is 14.3. The zero-order valence-corrected chi connectivity index (χ0v) is 15.1. The summed E-state index contributed by atoms with van der Waals surface area (Å²) in [6, 6.07) is 16.0. The van der Waals surface area contributed by atoms with Gasteiger partial charge in [0, 0.05) is 31.1 Å². The number of carbonyl (C=O) groups excluding carboxylic acids is 1. The lowest BCUT2D eigenvalue weighted by Crippen LogP contribution is -2.36. The van der Waals surface area contributed by atoms with E-state index in [1.165, 1.54) is 17.4 Å². The molecule has 2 aromatic carbocycles. The van der Waals surface area contributed by atoms with Crippen LogP contribution in [0.4, 0.5) is 14.9 Å². The van der Waals surface area contributed by atoms with E-state index in [1.807, 2.05) is 40.3 Å². The van der Waals surface area contributed by atoms with Crippen LogP contribution < -0.4 is 15.4 Å². The monoisotopic (exact) mass is 370 g/mol. The molecule has 0 unspecified atom stereocenters. The number of hydrogen-bond donors (Lipinski definition) is 2. The topological polar surface area (TPSA) is 58.4 Å². The Hall–Kier alpha value is -2.93. The Morgan fingerprint density at radius 1 is 1.15 bits per heavy atom.